The summed E-state index contributed by atoms with van der Waals surface area (Å²) in [6, 6.07) is 12.3. The van der Waals surface area contributed by atoms with Gasteiger partial charge in [0.15, 0.2) is 18.1 Å². The molecule has 2 aromatic carbocycles. The Morgan fingerprint density at radius 3 is 2.70 bits per heavy atom. The molecule has 1 aromatic heterocycles. The van der Waals surface area contributed by atoms with Gasteiger partial charge in [0.05, 0.1) is 12.0 Å². The summed E-state index contributed by atoms with van der Waals surface area (Å²) in [5, 5.41) is 23.1. The van der Waals surface area contributed by atoms with Gasteiger partial charge in [-0.25, -0.2) is 0 Å². The summed E-state index contributed by atoms with van der Waals surface area (Å²) < 4.78 is 10.9. The molecule has 0 aliphatic heterocycles. The van der Waals surface area contributed by atoms with Gasteiger partial charge < -0.3 is 24.9 Å². The van der Waals surface area contributed by atoms with Crippen LogP contribution in [0, 0.1) is 17.0 Å². The molecule has 1 amide bonds. The van der Waals surface area contributed by atoms with Crippen molar-refractivity contribution in [1.29, 1.82) is 0 Å². The number of hydrogen-bond donors (Lipinski definition) is 3. The summed E-state index contributed by atoms with van der Waals surface area (Å²) >= 11 is 0. The molecule has 0 atom stereocenters. The van der Waals surface area contributed by atoms with E-state index >= 15 is 0 Å². The van der Waals surface area contributed by atoms with Crippen molar-refractivity contribution in [2.75, 3.05) is 19.0 Å². The number of benzene rings is 2. The Morgan fingerprint density at radius 2 is 2.03 bits per heavy atom. The number of aromatic hydroxyl groups is 1. The molecule has 11 nitrogen and oxygen atoms in total. The van der Waals surface area contributed by atoms with Crippen LogP contribution in [0.4, 0.5) is 11.4 Å². The molecule has 0 fully saturated rings. The minimum Gasteiger partial charge on any atom is -0.493 e. The monoisotopic (exact) mass is 452 g/mol. The summed E-state index contributed by atoms with van der Waals surface area (Å²) in [6.07, 6.45) is 2.90. The molecule has 0 aliphatic rings. The first-order valence-electron chi connectivity index (χ1n) is 9.60. The van der Waals surface area contributed by atoms with Crippen molar-refractivity contribution in [1.82, 2.24) is 9.97 Å². The van der Waals surface area contributed by atoms with Gasteiger partial charge in [-0.1, -0.05) is 24.3 Å². The number of H-pyrrole nitrogens is 1. The van der Waals surface area contributed by atoms with Gasteiger partial charge in [-0.15, -0.1) is 0 Å². The standard InChI is InChI=1S/C22H20N4O7/c1-13-4-3-5-15(10-13)23-19(27)12-33-16-8-6-14(11-17(16)32-2)7-9-18-24-21(28)20(26(30)31)22(29)25-18/h3-11H,12H2,1-2H3,(H,23,27)(H2,24,25,28,29)/b9-7+. The lowest BCUT2D eigenvalue weighted by atomic mass is 10.2. The van der Waals surface area contributed by atoms with Crippen LogP contribution >= 0.6 is 0 Å². The SMILES string of the molecule is COc1cc(/C=C/c2nc(O)c([N+](=O)[O-])c(=O)[nH]2)ccc1OCC(=O)Nc1cccc(C)c1. The number of nitrogens with zero attached hydrogens (tertiary/aromatic N) is 2. The Balaban J connectivity index is 1.69. The molecule has 0 saturated heterocycles. The quantitative estimate of drug-likeness (QED) is 0.348. The van der Waals surface area contributed by atoms with Crippen LogP contribution < -0.4 is 20.3 Å². The highest BCUT2D eigenvalue weighted by Gasteiger charge is 2.21. The second kappa shape index (κ2) is 10.1. The molecule has 0 radical (unpaired) electrons. The van der Waals surface area contributed by atoms with Gasteiger partial charge >= 0.3 is 11.2 Å². The molecular formula is C22H20N4O7. The van der Waals surface area contributed by atoms with Crippen molar-refractivity contribution in [2.24, 2.45) is 0 Å². The highest BCUT2D eigenvalue weighted by atomic mass is 16.6. The molecule has 11 heteroatoms. The van der Waals surface area contributed by atoms with Crippen molar-refractivity contribution in [3.63, 3.8) is 0 Å². The van der Waals surface area contributed by atoms with Gasteiger partial charge in [0.25, 0.3) is 11.8 Å². The van der Waals surface area contributed by atoms with E-state index in [1.165, 1.54) is 13.2 Å². The summed E-state index contributed by atoms with van der Waals surface area (Å²) in [5.41, 5.74) is 0.199. The number of aryl methyl sites for hydroxylation is 1. The highest BCUT2D eigenvalue weighted by molar-refractivity contribution is 5.92. The number of methoxy groups -OCH3 is 1. The second-order valence-electron chi connectivity index (χ2n) is 6.83. The number of rotatable bonds is 8. The van der Waals surface area contributed by atoms with Crippen LogP contribution in [0.25, 0.3) is 12.2 Å². The van der Waals surface area contributed by atoms with E-state index in [4.69, 9.17) is 9.47 Å². The number of ether oxygens (including phenoxy) is 2. The summed E-state index contributed by atoms with van der Waals surface area (Å²) in [5.74, 6) is -0.689. The topological polar surface area (TPSA) is 157 Å². The van der Waals surface area contributed by atoms with Gasteiger partial charge in [0, 0.05) is 5.69 Å². The average molecular weight is 452 g/mol. The van der Waals surface area contributed by atoms with Gasteiger partial charge in [-0.2, -0.15) is 4.98 Å². The van der Waals surface area contributed by atoms with E-state index in [0.717, 1.165) is 5.56 Å². The molecule has 0 saturated carbocycles. The second-order valence-corrected chi connectivity index (χ2v) is 6.83. The van der Waals surface area contributed by atoms with Gasteiger partial charge in [0.1, 0.15) is 5.82 Å². The molecule has 3 aromatic rings. The fourth-order valence-electron chi connectivity index (χ4n) is 2.86. The fourth-order valence-corrected chi connectivity index (χ4v) is 2.86. The van der Waals surface area contributed by atoms with E-state index in [1.807, 2.05) is 25.1 Å². The predicted molar refractivity (Wildman–Crippen MR) is 120 cm³/mol. The molecule has 1 heterocycles. The molecule has 3 N–H and O–H groups in total. The van der Waals surface area contributed by atoms with Crippen LogP contribution in [-0.4, -0.2) is 39.6 Å². The first-order chi connectivity index (χ1) is 15.8. The third-order valence-electron chi connectivity index (χ3n) is 4.36. The van der Waals surface area contributed by atoms with Crippen molar-refractivity contribution in [3.05, 3.63) is 79.9 Å². The van der Waals surface area contributed by atoms with Crippen LogP contribution in [0.15, 0.2) is 47.3 Å². The first kappa shape index (κ1) is 23.0. The van der Waals surface area contributed by atoms with E-state index in [0.29, 0.717) is 22.7 Å². The maximum atomic E-state index is 12.2. The molecule has 170 valence electrons. The van der Waals surface area contributed by atoms with E-state index in [2.05, 4.69) is 15.3 Å². The first-order valence-corrected chi connectivity index (χ1v) is 9.60. The number of nitro groups is 1. The van der Waals surface area contributed by atoms with E-state index < -0.39 is 22.0 Å². The number of aromatic nitrogens is 2. The number of anilines is 1. The van der Waals surface area contributed by atoms with Crippen molar-refractivity contribution in [3.8, 4) is 17.4 Å². The van der Waals surface area contributed by atoms with Crippen molar-refractivity contribution in [2.45, 2.75) is 6.92 Å². The molecule has 0 spiro atoms. The van der Waals surface area contributed by atoms with Gasteiger partial charge in [0.2, 0.25) is 0 Å². The number of carbonyl (C=O) groups is 1. The zero-order valence-electron chi connectivity index (χ0n) is 17.7. The van der Waals surface area contributed by atoms with Crippen LogP contribution in [0.2, 0.25) is 0 Å². The largest absolute Gasteiger partial charge is 0.493 e. The molecule has 3 rings (SSSR count). The number of nitrogens with one attached hydrogen (secondary N) is 2. The molecule has 0 bridgehead atoms. The van der Waals surface area contributed by atoms with Crippen LogP contribution in [-0.2, 0) is 4.79 Å². The summed E-state index contributed by atoms with van der Waals surface area (Å²) in [6.45, 7) is 1.69. The fraction of sp³-hybridized carbons (Fsp3) is 0.136. The Hall–Kier alpha value is -4.67. The lowest BCUT2D eigenvalue weighted by molar-refractivity contribution is -0.387. The minimum absolute atomic E-state index is 0.0739. The van der Waals surface area contributed by atoms with E-state index in [-0.39, 0.29) is 18.3 Å². The van der Waals surface area contributed by atoms with Crippen LogP contribution in [0.5, 0.6) is 17.4 Å². The van der Waals surface area contributed by atoms with E-state index in [9.17, 15) is 24.8 Å². The number of carbonyl (C=O) groups excluding carboxylic acids is 1. The number of aromatic amines is 1. The highest BCUT2D eigenvalue weighted by Crippen LogP contribution is 2.29. The molecule has 0 aliphatic carbocycles. The van der Waals surface area contributed by atoms with Crippen LogP contribution in [0.3, 0.4) is 0 Å². The van der Waals surface area contributed by atoms with Gasteiger partial charge in [-0.05, 0) is 48.4 Å². The maximum absolute atomic E-state index is 12.2. The Kier molecular flexibility index (Phi) is 7.03. The predicted octanol–water partition coefficient (Wildman–Crippen LogP) is 2.89. The van der Waals surface area contributed by atoms with Gasteiger partial charge in [-0.3, -0.25) is 19.7 Å². The Labute approximate surface area is 187 Å². The number of amides is 1. The minimum atomic E-state index is -1.07. The maximum Gasteiger partial charge on any atom is 0.395 e. The van der Waals surface area contributed by atoms with Crippen molar-refractivity contribution >= 4 is 29.4 Å². The Bertz CT molecular complexity index is 1280. The zero-order valence-corrected chi connectivity index (χ0v) is 17.7. The molecule has 33 heavy (non-hydrogen) atoms. The summed E-state index contributed by atoms with van der Waals surface area (Å²) in [4.78, 5) is 39.4. The summed E-state index contributed by atoms with van der Waals surface area (Å²) in [7, 11) is 1.44. The smallest absolute Gasteiger partial charge is 0.395 e. The normalized spacial score (nSPS) is 10.7. The lowest BCUT2D eigenvalue weighted by Gasteiger charge is -2.12. The van der Waals surface area contributed by atoms with Crippen LogP contribution in [0.1, 0.15) is 17.0 Å². The van der Waals surface area contributed by atoms with Crippen molar-refractivity contribution < 1.29 is 24.3 Å². The zero-order chi connectivity index (χ0) is 24.0. The Morgan fingerprint density at radius 1 is 1.24 bits per heavy atom. The van der Waals surface area contributed by atoms with E-state index in [1.54, 1.807) is 30.3 Å². The molecular weight excluding hydrogens is 432 g/mol. The third-order valence-corrected chi connectivity index (χ3v) is 4.36. The lowest BCUT2D eigenvalue weighted by Crippen LogP contribution is -2.20. The third kappa shape index (κ3) is 5.94. The number of hydrogen-bond acceptors (Lipinski definition) is 8. The average Bonchev–Trinajstić information content (AvgIpc) is 2.75. The molecule has 0 unspecified atom stereocenters.